The number of carbonyl (C=O) groups excluding carboxylic acids is 15. The van der Waals surface area contributed by atoms with Crippen LogP contribution in [0, 0.1) is 0 Å². The summed E-state index contributed by atoms with van der Waals surface area (Å²) < 4.78 is 43.6. The fraction of sp³-hybridized carbons (Fsp3) is 0.713. The Morgan fingerprint density at radius 2 is 0.364 bits per heavy atom. The first kappa shape index (κ1) is 117. The number of nitrogens with one attached hydrogen (secondary N) is 15. The van der Waals surface area contributed by atoms with Crippen LogP contribution in [0.25, 0.3) is 0 Å². The molecule has 0 aliphatic rings. The maximum atomic E-state index is 15.4. The summed E-state index contributed by atoms with van der Waals surface area (Å²) in [7, 11) is 0. The van der Waals surface area contributed by atoms with Crippen molar-refractivity contribution in [3.8, 4) is 0 Å². The largest absolute Gasteiger partial charge is 0.444 e. The molecule has 0 aliphatic heterocycles. The van der Waals surface area contributed by atoms with Gasteiger partial charge in [0.2, 0.25) is 41.4 Å². The zero-order valence-corrected chi connectivity index (χ0v) is 82.9. The van der Waals surface area contributed by atoms with Crippen LogP contribution in [0.15, 0.2) is 60.7 Å². The number of hydrogen-bond acceptors (Lipinski definition) is 23. The summed E-state index contributed by atoms with van der Waals surface area (Å²) in [6.45, 7) is 41.1. The topological polar surface area (TPSA) is 510 Å². The lowest BCUT2D eigenvalue weighted by Gasteiger charge is -2.28. The number of alkyl carbamates (subject to hydrolysis) is 8. The second-order valence-electron chi connectivity index (χ2n) is 40.4. The van der Waals surface area contributed by atoms with Crippen molar-refractivity contribution < 1.29 is 110 Å². The number of rotatable bonds is 51. The lowest BCUT2D eigenvalue weighted by atomic mass is 9.97. The highest BCUT2D eigenvalue weighted by Crippen LogP contribution is 2.24. The number of hydrogen-bond donors (Lipinski definition) is 15. The van der Waals surface area contributed by atoms with E-state index in [1.54, 1.807) is 166 Å². The van der Waals surface area contributed by atoms with E-state index in [0.29, 0.717) is 36.8 Å². The molecular formula is C94H159N15O23. The van der Waals surface area contributed by atoms with Gasteiger partial charge in [-0.3, -0.25) is 33.6 Å². The highest BCUT2D eigenvalue weighted by Gasteiger charge is 2.36. The molecule has 0 radical (unpaired) electrons. The lowest BCUT2D eigenvalue weighted by Crippen LogP contribution is -2.57. The van der Waals surface area contributed by atoms with E-state index >= 15 is 9.59 Å². The lowest BCUT2D eigenvalue weighted by molar-refractivity contribution is -0.133. The molecule has 0 spiro atoms. The third kappa shape index (κ3) is 58.6. The van der Waals surface area contributed by atoms with Crippen LogP contribution in [0.1, 0.15) is 312 Å². The maximum absolute atomic E-state index is 15.4. The van der Waals surface area contributed by atoms with Gasteiger partial charge in [0.15, 0.2) is 0 Å². The molecule has 0 saturated carbocycles. The molecule has 0 heterocycles. The van der Waals surface area contributed by atoms with Gasteiger partial charge in [-0.2, -0.15) is 0 Å². The molecule has 0 saturated heterocycles. The number of amides is 15. The van der Waals surface area contributed by atoms with Crippen molar-refractivity contribution in [3.05, 3.63) is 71.8 Å². The van der Waals surface area contributed by atoms with Crippen molar-refractivity contribution in [1.29, 1.82) is 0 Å². The Balaban J connectivity index is 2.77. The van der Waals surface area contributed by atoms with Crippen molar-refractivity contribution in [2.45, 2.75) is 388 Å². The monoisotopic (exact) mass is 1870 g/mol. The van der Waals surface area contributed by atoms with Crippen LogP contribution >= 0.6 is 0 Å². The van der Waals surface area contributed by atoms with E-state index in [1.165, 1.54) is 0 Å². The first-order valence-corrected chi connectivity index (χ1v) is 46.1. The second-order valence-corrected chi connectivity index (χ2v) is 40.4. The minimum Gasteiger partial charge on any atom is -0.444 e. The van der Waals surface area contributed by atoms with Crippen LogP contribution in [-0.4, -0.2) is 223 Å². The fourth-order valence-electron chi connectivity index (χ4n) is 12.6. The number of carbonyl (C=O) groups is 15. The van der Waals surface area contributed by atoms with Crippen LogP contribution in [0.2, 0.25) is 0 Å². The number of unbranched alkanes of at least 4 members (excludes halogenated alkanes) is 6. The standard InChI is InChI=1S/C94H159N15O23/c1-87(2,3)125-79(117)98-58-40-34-49-65(105-83(121)129-91(13,14)15)73(111)96-56-37-31-48-64(102-76(114)69(107-85(123)131-93(19,20)21)52-35-41-59-99-80(118)126-88(4,5)6)72(110)95-55-39-33-51-68(78(116)109-71(62-44-27-25-28-45-62)63-46-29-26-30-47-63)104-75(113)67(103-77(115)70(108-86(124)132-94(22,23)24)53-36-42-60-100-81(119)127-89(7,8)9)50-32-38-57-97-74(112)66(106-84(122)130-92(16,17)18)54-43-61-101-82(120)128-90(10,11)12/h25-30,44-47,64-71H,31-43,48-61H2,1-24H3,(H,95,110)(H,96,111)(H,97,112)(H,98,117)(H,99,118)(H,100,119)(H,101,120)(H,102,114)(H,103,115)(H,104,113)(H,105,121)(H,106,122)(H,107,123)(H,108,124)(H,109,116)/t64-,65-,66-,67-,68-,69-,70-/m1/s1. The Labute approximate surface area is 781 Å². The highest BCUT2D eigenvalue weighted by atomic mass is 16.6. The molecule has 748 valence electrons. The molecule has 7 atom stereocenters. The van der Waals surface area contributed by atoms with E-state index in [9.17, 15) is 62.3 Å². The van der Waals surface area contributed by atoms with Gasteiger partial charge < -0.3 is 118 Å². The molecule has 2 aromatic carbocycles. The van der Waals surface area contributed by atoms with Gasteiger partial charge in [-0.1, -0.05) is 60.7 Å². The molecular weight excluding hydrogens is 1710 g/mol. The summed E-state index contributed by atoms with van der Waals surface area (Å²) in [4.78, 5) is 206. The Morgan fingerprint density at radius 3 is 0.583 bits per heavy atom. The van der Waals surface area contributed by atoms with Gasteiger partial charge in [0.25, 0.3) is 0 Å². The summed E-state index contributed by atoms with van der Waals surface area (Å²) >= 11 is 0. The van der Waals surface area contributed by atoms with Crippen molar-refractivity contribution in [3.63, 3.8) is 0 Å². The van der Waals surface area contributed by atoms with E-state index in [4.69, 9.17) is 37.9 Å². The van der Waals surface area contributed by atoms with E-state index in [-0.39, 0.29) is 149 Å². The van der Waals surface area contributed by atoms with Crippen molar-refractivity contribution >= 4 is 90.1 Å². The van der Waals surface area contributed by atoms with Crippen LogP contribution < -0.4 is 79.8 Å². The van der Waals surface area contributed by atoms with Gasteiger partial charge >= 0.3 is 48.7 Å². The molecule has 0 aliphatic carbocycles. The number of ether oxygens (including phenoxy) is 8. The smallest absolute Gasteiger partial charge is 0.408 e. The normalized spacial score (nSPS) is 13.5. The summed E-state index contributed by atoms with van der Waals surface area (Å²) in [5.41, 5.74) is -5.46. The first-order valence-electron chi connectivity index (χ1n) is 46.1. The third-order valence-corrected chi connectivity index (χ3v) is 18.2. The minimum absolute atomic E-state index is 0.0110. The average Bonchev–Trinajstić information content (AvgIpc) is 0.830. The Bertz CT molecular complexity index is 3890. The molecule has 15 amide bonds. The first-order chi connectivity index (χ1) is 61.1. The zero-order valence-electron chi connectivity index (χ0n) is 82.9. The van der Waals surface area contributed by atoms with Crippen LogP contribution in [0.5, 0.6) is 0 Å². The summed E-state index contributed by atoms with van der Waals surface area (Å²) in [6.07, 6.45) is -2.79. The van der Waals surface area contributed by atoms with Gasteiger partial charge in [0.05, 0.1) is 6.04 Å². The molecule has 2 rings (SSSR count). The minimum atomic E-state index is -1.45. The highest BCUT2D eigenvalue weighted by molar-refractivity contribution is 5.95. The molecule has 15 N–H and O–H groups in total. The predicted molar refractivity (Wildman–Crippen MR) is 500 cm³/mol. The molecule has 0 aromatic heterocycles. The summed E-state index contributed by atoms with van der Waals surface area (Å²) in [5, 5.41) is 41.6. The van der Waals surface area contributed by atoms with Gasteiger partial charge in [-0.15, -0.1) is 0 Å². The molecule has 0 bridgehead atoms. The molecule has 0 unspecified atom stereocenters. The second kappa shape index (κ2) is 57.4. The Hall–Kier alpha value is -11.1. The van der Waals surface area contributed by atoms with Crippen LogP contribution in [0.4, 0.5) is 38.4 Å². The molecule has 2 aromatic rings. The quantitative estimate of drug-likeness (QED) is 0.0216. The van der Waals surface area contributed by atoms with Gasteiger partial charge in [-0.05, 0) is 306 Å². The van der Waals surface area contributed by atoms with Gasteiger partial charge in [0.1, 0.15) is 87.1 Å². The molecule has 132 heavy (non-hydrogen) atoms. The Kier molecular flexibility index (Phi) is 50.8. The fourth-order valence-corrected chi connectivity index (χ4v) is 12.6. The average molecular weight is 1870 g/mol. The SMILES string of the molecule is CC(C)(C)OC(=O)NCCCC[C@@H](NC(=O)OC(C)(C)C)C(=O)NCCCC[C@@H](NC(=O)[C@@H](CCCCNC(=O)OC(C)(C)C)NC(=O)OC(C)(C)C)C(=O)NCCCC[C@@H](NC(=O)[C@@H](CCCCNC(=O)[C@@H](CCCNC(=O)OC(C)(C)C)NC(=O)OC(C)(C)C)NC(=O)[C@@H](CCCCNC(=O)OC(C)(C)C)NC(=O)OC(C)(C)C)C(=O)NC(c1ccccc1)c1ccccc1. The van der Waals surface area contributed by atoms with Crippen LogP contribution in [0.3, 0.4) is 0 Å². The molecule has 38 nitrogen and oxygen atoms in total. The van der Waals surface area contributed by atoms with E-state index in [1.807, 2.05) is 60.7 Å². The third-order valence-electron chi connectivity index (χ3n) is 18.2. The van der Waals surface area contributed by atoms with E-state index in [0.717, 1.165) is 0 Å². The predicted octanol–water partition coefficient (Wildman–Crippen LogP) is 12.2. The number of benzene rings is 2. The van der Waals surface area contributed by atoms with E-state index in [2.05, 4.69) is 79.8 Å². The summed E-state index contributed by atoms with van der Waals surface area (Å²) in [6, 6.07) is 8.54. The van der Waals surface area contributed by atoms with Crippen molar-refractivity contribution in [2.24, 2.45) is 0 Å². The Morgan fingerprint density at radius 1 is 0.197 bits per heavy atom. The molecule has 38 heteroatoms. The van der Waals surface area contributed by atoms with Gasteiger partial charge in [-0.25, -0.2) is 38.4 Å². The van der Waals surface area contributed by atoms with Gasteiger partial charge in [0, 0.05) is 45.8 Å². The van der Waals surface area contributed by atoms with E-state index < -0.39 is 183 Å². The van der Waals surface area contributed by atoms with Crippen LogP contribution in [-0.2, 0) is 71.5 Å². The summed E-state index contributed by atoms with van der Waals surface area (Å²) in [5.74, 6) is -4.82. The molecule has 0 fully saturated rings. The zero-order chi connectivity index (χ0) is 99.9. The van der Waals surface area contributed by atoms with Crippen molar-refractivity contribution in [1.82, 2.24) is 79.8 Å². The maximum Gasteiger partial charge on any atom is 0.408 e. The van der Waals surface area contributed by atoms with Crippen molar-refractivity contribution in [2.75, 3.05) is 45.8 Å².